The van der Waals surface area contributed by atoms with E-state index in [2.05, 4.69) is 57.2 Å². The number of rotatable bonds is 6. The molecule has 2 aliphatic heterocycles. The Labute approximate surface area is 241 Å². The second kappa shape index (κ2) is 10.1. The summed E-state index contributed by atoms with van der Waals surface area (Å²) in [5.74, 6) is 1.95. The van der Waals surface area contributed by atoms with Crippen LogP contribution in [0.2, 0.25) is 0 Å². The summed E-state index contributed by atoms with van der Waals surface area (Å²) in [7, 11) is 3.45. The fraction of sp³-hybridized carbons (Fsp3) is 0.353. The molecule has 4 aliphatic rings. The normalized spacial score (nSPS) is 25.5. The molecule has 1 N–H and O–H groups in total. The van der Waals surface area contributed by atoms with Gasteiger partial charge in [-0.15, -0.1) is 0 Å². The van der Waals surface area contributed by atoms with Gasteiger partial charge in [0.1, 0.15) is 17.6 Å². The standard InChI is InChI=1S/C34H36N2O5/c1-20-27-16-14-25(18-29(27)32(38)35(20)4)40-23-10-6-21(7-11-23)34(2,3)22-8-12-24(13-9-22)41-26-15-17-28-30(19-26)33(39)36(5)31(28)37/h6-10,12-17,19-20,23,29,31,37H,11,18H2,1-5H3. The lowest BCUT2D eigenvalue weighted by Gasteiger charge is -2.31. The Morgan fingerprint density at radius 2 is 1.71 bits per heavy atom. The first kappa shape index (κ1) is 27.1. The molecule has 212 valence electrons. The van der Waals surface area contributed by atoms with Crippen LogP contribution in [0.1, 0.15) is 61.3 Å². The van der Waals surface area contributed by atoms with Gasteiger partial charge in [-0.05, 0) is 60.1 Å². The highest BCUT2D eigenvalue weighted by Gasteiger charge is 2.41. The number of likely N-dealkylation sites (N-methyl/N-ethyl adjacent to an activating group) is 1. The Bertz CT molecular complexity index is 1530. The molecule has 6 rings (SSSR count). The third-order valence-corrected chi connectivity index (χ3v) is 9.10. The largest absolute Gasteiger partial charge is 0.490 e. The molecule has 2 aromatic rings. The summed E-state index contributed by atoms with van der Waals surface area (Å²) in [5, 5.41) is 10.2. The number of allylic oxidation sites excluding steroid dienone is 5. The van der Waals surface area contributed by atoms with E-state index >= 15 is 0 Å². The number of likely N-dealkylation sites (tertiary alicyclic amines) is 1. The van der Waals surface area contributed by atoms with Crippen LogP contribution in [0, 0.1) is 5.92 Å². The summed E-state index contributed by atoms with van der Waals surface area (Å²) in [6, 6.07) is 13.3. The van der Waals surface area contributed by atoms with E-state index < -0.39 is 6.23 Å². The Kier molecular flexibility index (Phi) is 6.65. The molecule has 0 aromatic heterocycles. The zero-order valence-corrected chi connectivity index (χ0v) is 24.1. The molecule has 0 saturated carbocycles. The van der Waals surface area contributed by atoms with E-state index in [1.165, 1.54) is 16.0 Å². The smallest absolute Gasteiger partial charge is 0.256 e. The monoisotopic (exact) mass is 552 g/mol. The number of ether oxygens (including phenoxy) is 2. The fourth-order valence-electron chi connectivity index (χ4n) is 6.21. The minimum Gasteiger partial charge on any atom is -0.490 e. The number of hydrogen-bond donors (Lipinski definition) is 1. The maximum absolute atomic E-state index is 12.6. The third kappa shape index (κ3) is 4.68. The lowest BCUT2D eigenvalue weighted by atomic mass is 9.75. The predicted octanol–water partition coefficient (Wildman–Crippen LogP) is 5.80. The van der Waals surface area contributed by atoms with Gasteiger partial charge in [0.2, 0.25) is 5.91 Å². The number of carbonyl (C=O) groups excluding carboxylic acids is 2. The van der Waals surface area contributed by atoms with E-state index in [0.29, 0.717) is 29.0 Å². The number of aliphatic hydroxyl groups excluding tert-OH is 1. The lowest BCUT2D eigenvalue weighted by Crippen LogP contribution is -2.27. The Morgan fingerprint density at radius 3 is 2.41 bits per heavy atom. The fourth-order valence-corrected chi connectivity index (χ4v) is 6.21. The van der Waals surface area contributed by atoms with Gasteiger partial charge in [0.25, 0.3) is 5.91 Å². The minimum atomic E-state index is -0.920. The average Bonchev–Trinajstić information content (AvgIpc) is 3.32. The molecular weight excluding hydrogens is 516 g/mol. The average molecular weight is 553 g/mol. The highest BCUT2D eigenvalue weighted by atomic mass is 16.5. The Balaban J connectivity index is 1.08. The van der Waals surface area contributed by atoms with E-state index in [9.17, 15) is 14.7 Å². The van der Waals surface area contributed by atoms with Gasteiger partial charge in [0.05, 0.1) is 23.3 Å². The van der Waals surface area contributed by atoms with Crippen LogP contribution >= 0.6 is 0 Å². The molecule has 7 nitrogen and oxygen atoms in total. The summed E-state index contributed by atoms with van der Waals surface area (Å²) >= 11 is 0. The molecule has 41 heavy (non-hydrogen) atoms. The SMILES string of the molecule is CC1C2=CC=C(OC3C=CC(C(C)(C)c4ccc(Oc5ccc6c(c5)C(=O)N(C)C6O)cc4)=CC3)CC2C(=O)N1C. The number of hydrogen-bond acceptors (Lipinski definition) is 5. The van der Waals surface area contributed by atoms with Crippen molar-refractivity contribution in [3.05, 3.63) is 106 Å². The number of aliphatic hydroxyl groups is 1. The topological polar surface area (TPSA) is 79.3 Å². The molecule has 2 heterocycles. The van der Waals surface area contributed by atoms with Crippen molar-refractivity contribution in [2.75, 3.05) is 14.1 Å². The number of benzene rings is 2. The molecule has 2 aromatic carbocycles. The van der Waals surface area contributed by atoms with Crippen LogP contribution in [0.15, 0.2) is 89.8 Å². The quantitative estimate of drug-likeness (QED) is 0.490. The molecule has 0 radical (unpaired) electrons. The van der Waals surface area contributed by atoms with Gasteiger partial charge >= 0.3 is 0 Å². The molecule has 4 atom stereocenters. The molecule has 0 bridgehead atoms. The van der Waals surface area contributed by atoms with E-state index in [4.69, 9.17) is 9.47 Å². The van der Waals surface area contributed by atoms with Crippen molar-refractivity contribution in [3.63, 3.8) is 0 Å². The number of fused-ring (bicyclic) bond motifs is 2. The van der Waals surface area contributed by atoms with Crippen LogP contribution in [0.4, 0.5) is 0 Å². The van der Waals surface area contributed by atoms with E-state index in [-0.39, 0.29) is 35.3 Å². The molecule has 2 aliphatic carbocycles. The van der Waals surface area contributed by atoms with Gasteiger partial charge in [-0.25, -0.2) is 0 Å². The molecule has 2 amide bonds. The van der Waals surface area contributed by atoms with Crippen LogP contribution in [-0.2, 0) is 14.9 Å². The zero-order chi connectivity index (χ0) is 29.1. The summed E-state index contributed by atoms with van der Waals surface area (Å²) < 4.78 is 12.3. The van der Waals surface area contributed by atoms with Crippen LogP contribution < -0.4 is 4.74 Å². The first-order valence-electron chi connectivity index (χ1n) is 14.1. The van der Waals surface area contributed by atoms with Crippen molar-refractivity contribution < 1.29 is 24.2 Å². The Morgan fingerprint density at radius 1 is 0.976 bits per heavy atom. The van der Waals surface area contributed by atoms with Gasteiger partial charge in [-0.2, -0.15) is 0 Å². The highest BCUT2D eigenvalue weighted by molar-refractivity contribution is 5.99. The number of carbonyl (C=O) groups is 2. The molecular formula is C34H36N2O5. The molecule has 7 heteroatoms. The lowest BCUT2D eigenvalue weighted by molar-refractivity contribution is -0.130. The first-order valence-corrected chi connectivity index (χ1v) is 14.1. The van der Waals surface area contributed by atoms with Crippen LogP contribution in [0.25, 0.3) is 0 Å². The van der Waals surface area contributed by atoms with E-state index in [1.807, 2.05) is 30.2 Å². The third-order valence-electron chi connectivity index (χ3n) is 9.10. The van der Waals surface area contributed by atoms with Crippen LogP contribution in [0.3, 0.4) is 0 Å². The second-order valence-corrected chi connectivity index (χ2v) is 11.9. The molecule has 0 spiro atoms. The zero-order valence-electron chi connectivity index (χ0n) is 24.1. The van der Waals surface area contributed by atoms with E-state index in [1.54, 1.807) is 25.2 Å². The molecule has 1 saturated heterocycles. The predicted molar refractivity (Wildman–Crippen MR) is 156 cm³/mol. The maximum atomic E-state index is 12.6. The minimum absolute atomic E-state index is 0.0571. The summed E-state index contributed by atoms with van der Waals surface area (Å²) in [5.41, 5.74) is 4.38. The van der Waals surface area contributed by atoms with Gasteiger partial charge in [-0.3, -0.25) is 9.59 Å². The highest BCUT2D eigenvalue weighted by Crippen LogP contribution is 2.40. The summed E-state index contributed by atoms with van der Waals surface area (Å²) in [6.07, 6.45) is 11.0. The van der Waals surface area contributed by atoms with Crippen LogP contribution in [-0.4, -0.2) is 53.0 Å². The van der Waals surface area contributed by atoms with Crippen molar-refractivity contribution in [1.29, 1.82) is 0 Å². The van der Waals surface area contributed by atoms with Crippen molar-refractivity contribution >= 4 is 11.8 Å². The van der Waals surface area contributed by atoms with Crippen LogP contribution in [0.5, 0.6) is 11.5 Å². The number of amides is 2. The summed E-state index contributed by atoms with van der Waals surface area (Å²) in [4.78, 5) is 28.1. The first-order chi connectivity index (χ1) is 19.5. The van der Waals surface area contributed by atoms with Gasteiger partial charge < -0.3 is 24.4 Å². The van der Waals surface area contributed by atoms with Crippen molar-refractivity contribution in [2.45, 2.75) is 57.4 Å². The van der Waals surface area contributed by atoms with Gasteiger partial charge in [-0.1, -0.05) is 50.3 Å². The van der Waals surface area contributed by atoms with Gasteiger partial charge in [0.15, 0.2) is 6.23 Å². The van der Waals surface area contributed by atoms with Gasteiger partial charge in [0, 0.05) is 37.9 Å². The Hall–Kier alpha value is -4.10. The number of nitrogens with zero attached hydrogens (tertiary/aromatic N) is 2. The second-order valence-electron chi connectivity index (χ2n) is 11.9. The van der Waals surface area contributed by atoms with Crippen molar-refractivity contribution in [1.82, 2.24) is 9.80 Å². The molecule has 4 unspecified atom stereocenters. The van der Waals surface area contributed by atoms with Crippen molar-refractivity contribution in [2.24, 2.45) is 5.92 Å². The van der Waals surface area contributed by atoms with E-state index in [0.717, 1.165) is 17.7 Å². The van der Waals surface area contributed by atoms with Crippen molar-refractivity contribution in [3.8, 4) is 11.5 Å². The maximum Gasteiger partial charge on any atom is 0.256 e. The molecule has 1 fully saturated rings. The summed E-state index contributed by atoms with van der Waals surface area (Å²) in [6.45, 7) is 6.48.